The lowest BCUT2D eigenvalue weighted by Crippen LogP contribution is -1.98. The van der Waals surface area contributed by atoms with E-state index in [2.05, 4.69) is 28.9 Å². The van der Waals surface area contributed by atoms with Crippen molar-refractivity contribution in [3.05, 3.63) is 35.5 Å². The van der Waals surface area contributed by atoms with Crippen LogP contribution in [0.5, 0.6) is 0 Å². The normalized spacial score (nSPS) is 10.9. The molecule has 2 heterocycles. The van der Waals surface area contributed by atoms with Gasteiger partial charge in [0.25, 0.3) is 0 Å². The first-order valence-electron chi connectivity index (χ1n) is 4.69. The average molecular weight is 223 g/mol. The molecule has 15 heavy (non-hydrogen) atoms. The van der Waals surface area contributed by atoms with Crippen LogP contribution in [0, 0.1) is 0 Å². The van der Waals surface area contributed by atoms with Crippen molar-refractivity contribution in [1.82, 2.24) is 19.7 Å². The van der Waals surface area contributed by atoms with Crippen LogP contribution in [0.25, 0.3) is 5.82 Å². The van der Waals surface area contributed by atoms with Crippen LogP contribution in [-0.2, 0) is 0 Å². The summed E-state index contributed by atoms with van der Waals surface area (Å²) in [5, 5.41) is 4.59. The molecule has 0 unspecified atom stereocenters. The van der Waals surface area contributed by atoms with Crippen LogP contribution in [-0.4, -0.2) is 19.7 Å². The smallest absolute Gasteiger partial charge is 0.171 e. The van der Waals surface area contributed by atoms with Crippen molar-refractivity contribution < 1.29 is 0 Å². The van der Waals surface area contributed by atoms with Crippen LogP contribution >= 0.6 is 11.6 Å². The fourth-order valence-corrected chi connectivity index (χ4v) is 1.28. The van der Waals surface area contributed by atoms with E-state index in [9.17, 15) is 0 Å². The lowest BCUT2D eigenvalue weighted by atomic mass is 10.1. The Balaban J connectivity index is 2.33. The summed E-state index contributed by atoms with van der Waals surface area (Å²) in [5.74, 6) is 1.13. The van der Waals surface area contributed by atoms with Gasteiger partial charge in [-0.05, 0) is 11.5 Å². The topological polar surface area (TPSA) is 43.6 Å². The zero-order chi connectivity index (χ0) is 10.8. The van der Waals surface area contributed by atoms with Crippen molar-refractivity contribution in [3.63, 3.8) is 0 Å². The summed E-state index contributed by atoms with van der Waals surface area (Å²) in [6.07, 6.45) is 6.89. The Bertz CT molecular complexity index is 447. The zero-order valence-corrected chi connectivity index (χ0v) is 9.31. The minimum atomic E-state index is 0.384. The van der Waals surface area contributed by atoms with Crippen molar-refractivity contribution in [2.75, 3.05) is 0 Å². The maximum atomic E-state index is 5.65. The highest BCUT2D eigenvalue weighted by atomic mass is 35.5. The summed E-state index contributed by atoms with van der Waals surface area (Å²) >= 11 is 5.65. The molecular formula is C10H11ClN4. The molecule has 2 rings (SSSR count). The van der Waals surface area contributed by atoms with Crippen molar-refractivity contribution in [2.45, 2.75) is 19.8 Å². The predicted octanol–water partition coefficient (Wildman–Crippen LogP) is 2.44. The number of halogens is 1. The largest absolute Gasteiger partial charge is 0.239 e. The highest BCUT2D eigenvalue weighted by Gasteiger charge is 2.05. The lowest BCUT2D eigenvalue weighted by Gasteiger charge is -1.99. The SMILES string of the molecule is CC(C)c1cnn(-c2cnc(Cl)cn2)c1. The van der Waals surface area contributed by atoms with Crippen molar-refractivity contribution >= 4 is 11.6 Å². The van der Waals surface area contributed by atoms with E-state index in [1.54, 1.807) is 10.9 Å². The third-order valence-corrected chi connectivity index (χ3v) is 2.31. The highest BCUT2D eigenvalue weighted by molar-refractivity contribution is 6.29. The molecule has 78 valence electrons. The first-order chi connectivity index (χ1) is 7.16. The third-order valence-electron chi connectivity index (χ3n) is 2.11. The molecule has 2 aromatic heterocycles. The van der Waals surface area contributed by atoms with Gasteiger partial charge >= 0.3 is 0 Å². The predicted molar refractivity (Wildman–Crippen MR) is 58.3 cm³/mol. The number of nitrogens with zero attached hydrogens (tertiary/aromatic N) is 4. The summed E-state index contributed by atoms with van der Waals surface area (Å²) in [7, 11) is 0. The summed E-state index contributed by atoms with van der Waals surface area (Å²) in [5.41, 5.74) is 1.17. The molecule has 0 bridgehead atoms. The molecule has 0 fully saturated rings. The van der Waals surface area contributed by atoms with Gasteiger partial charge in [0.1, 0.15) is 5.15 Å². The summed E-state index contributed by atoms with van der Waals surface area (Å²) < 4.78 is 1.69. The van der Waals surface area contributed by atoms with E-state index in [1.165, 1.54) is 11.8 Å². The molecular weight excluding hydrogens is 212 g/mol. The summed E-state index contributed by atoms with van der Waals surface area (Å²) in [6.45, 7) is 4.24. The Hall–Kier alpha value is -1.42. The molecule has 0 aliphatic rings. The van der Waals surface area contributed by atoms with E-state index in [1.807, 2.05) is 12.4 Å². The van der Waals surface area contributed by atoms with Gasteiger partial charge in [-0.25, -0.2) is 14.6 Å². The van der Waals surface area contributed by atoms with Crippen molar-refractivity contribution in [2.24, 2.45) is 0 Å². The number of hydrogen-bond acceptors (Lipinski definition) is 3. The molecule has 5 heteroatoms. The second-order valence-electron chi connectivity index (χ2n) is 3.57. The standard InChI is InChI=1S/C10H11ClN4/c1-7(2)8-3-14-15(6-8)10-5-12-9(11)4-13-10/h3-7H,1-2H3. The van der Waals surface area contributed by atoms with Crippen LogP contribution in [0.2, 0.25) is 5.15 Å². The van der Waals surface area contributed by atoms with Gasteiger partial charge in [-0.1, -0.05) is 25.4 Å². The molecule has 0 amide bonds. The Morgan fingerprint density at radius 1 is 1.20 bits per heavy atom. The monoisotopic (exact) mass is 222 g/mol. The van der Waals surface area contributed by atoms with E-state index in [-0.39, 0.29) is 0 Å². The molecule has 0 saturated heterocycles. The molecule has 0 atom stereocenters. The van der Waals surface area contributed by atoms with Crippen LogP contribution in [0.1, 0.15) is 25.3 Å². The highest BCUT2D eigenvalue weighted by Crippen LogP contribution is 2.14. The van der Waals surface area contributed by atoms with Gasteiger partial charge in [-0.3, -0.25) is 0 Å². The Morgan fingerprint density at radius 2 is 2.00 bits per heavy atom. The maximum absolute atomic E-state index is 5.65. The van der Waals surface area contributed by atoms with Gasteiger partial charge < -0.3 is 0 Å². The van der Waals surface area contributed by atoms with Crippen LogP contribution in [0.3, 0.4) is 0 Å². The molecule has 0 spiro atoms. The van der Waals surface area contributed by atoms with E-state index < -0.39 is 0 Å². The Labute approximate surface area is 92.9 Å². The molecule has 0 aliphatic heterocycles. The van der Waals surface area contributed by atoms with Crippen molar-refractivity contribution in [3.8, 4) is 5.82 Å². The minimum absolute atomic E-state index is 0.384. The van der Waals surface area contributed by atoms with Crippen LogP contribution in [0.4, 0.5) is 0 Å². The van der Waals surface area contributed by atoms with Gasteiger partial charge in [0, 0.05) is 6.20 Å². The lowest BCUT2D eigenvalue weighted by molar-refractivity contribution is 0.831. The Morgan fingerprint density at radius 3 is 2.53 bits per heavy atom. The molecule has 0 aromatic carbocycles. The molecule has 0 aliphatic carbocycles. The number of aromatic nitrogens is 4. The van der Waals surface area contributed by atoms with Crippen LogP contribution < -0.4 is 0 Å². The van der Waals surface area contributed by atoms with E-state index in [0.717, 1.165) is 0 Å². The fourth-order valence-electron chi connectivity index (χ4n) is 1.18. The van der Waals surface area contributed by atoms with E-state index >= 15 is 0 Å². The van der Waals surface area contributed by atoms with Gasteiger partial charge in [0.2, 0.25) is 0 Å². The summed E-state index contributed by atoms with van der Waals surface area (Å²) in [6, 6.07) is 0. The third kappa shape index (κ3) is 2.15. The van der Waals surface area contributed by atoms with Gasteiger partial charge in [0.15, 0.2) is 5.82 Å². The zero-order valence-electron chi connectivity index (χ0n) is 8.55. The number of rotatable bonds is 2. The first kappa shape index (κ1) is 10.1. The average Bonchev–Trinajstić information content (AvgIpc) is 2.68. The van der Waals surface area contributed by atoms with E-state index in [4.69, 9.17) is 11.6 Å². The molecule has 0 saturated carbocycles. The maximum Gasteiger partial charge on any atom is 0.171 e. The minimum Gasteiger partial charge on any atom is -0.239 e. The van der Waals surface area contributed by atoms with Gasteiger partial charge in [-0.15, -0.1) is 0 Å². The van der Waals surface area contributed by atoms with Gasteiger partial charge in [0.05, 0.1) is 18.6 Å². The van der Waals surface area contributed by atoms with E-state index in [0.29, 0.717) is 16.9 Å². The first-order valence-corrected chi connectivity index (χ1v) is 5.07. The fraction of sp³-hybridized carbons (Fsp3) is 0.300. The van der Waals surface area contributed by atoms with Gasteiger partial charge in [-0.2, -0.15) is 5.10 Å². The second kappa shape index (κ2) is 3.98. The number of hydrogen-bond donors (Lipinski definition) is 0. The molecule has 4 nitrogen and oxygen atoms in total. The summed E-state index contributed by atoms with van der Waals surface area (Å²) in [4.78, 5) is 8.08. The molecule has 2 aromatic rings. The second-order valence-corrected chi connectivity index (χ2v) is 3.96. The van der Waals surface area contributed by atoms with Crippen LogP contribution in [0.15, 0.2) is 24.8 Å². The van der Waals surface area contributed by atoms with Crippen molar-refractivity contribution in [1.29, 1.82) is 0 Å². The Kier molecular flexibility index (Phi) is 2.68. The molecule has 0 N–H and O–H groups in total. The molecule has 0 radical (unpaired) electrons. The quantitative estimate of drug-likeness (QED) is 0.784.